The van der Waals surface area contributed by atoms with Crippen LogP contribution in [0.2, 0.25) is 5.02 Å². The smallest absolute Gasteiger partial charge is 0.129 e. The van der Waals surface area contributed by atoms with Crippen molar-refractivity contribution in [3.05, 3.63) is 58.9 Å². The van der Waals surface area contributed by atoms with Crippen molar-refractivity contribution in [1.82, 2.24) is 0 Å². The number of amidine groups is 1. The van der Waals surface area contributed by atoms with Gasteiger partial charge in [0, 0.05) is 36.6 Å². The largest absolute Gasteiger partial charge is 0.381 e. The lowest BCUT2D eigenvalue weighted by Crippen LogP contribution is -2.55. The van der Waals surface area contributed by atoms with E-state index in [0.717, 1.165) is 30.1 Å². The maximum Gasteiger partial charge on any atom is 0.129 e. The fourth-order valence-corrected chi connectivity index (χ4v) is 3.51. The van der Waals surface area contributed by atoms with Gasteiger partial charge in [-0.15, -0.1) is 0 Å². The van der Waals surface area contributed by atoms with Gasteiger partial charge < -0.3 is 15.4 Å². The standard InChI is InChI=1S/C19H19ClFN3O/c20-14-6-5-13(15(21)11-14)12-22-18-19(7-9-25-10-8-19)24-17-4-2-1-3-16(17)23-18/h1-6,11,24H,7-10,12H2,(H,22,23). The molecule has 1 fully saturated rings. The molecule has 4 rings (SSSR count). The molecule has 0 unspecified atom stereocenters. The van der Waals surface area contributed by atoms with E-state index in [9.17, 15) is 4.39 Å². The molecule has 0 atom stereocenters. The SMILES string of the molecule is Fc1cc(Cl)ccc1CN=C1Nc2ccccc2NC12CCOCC2. The Morgan fingerprint density at radius 2 is 1.88 bits per heavy atom. The number of aliphatic imine (C=N–C) groups is 1. The lowest BCUT2D eigenvalue weighted by molar-refractivity contribution is 0.0778. The zero-order valence-corrected chi connectivity index (χ0v) is 14.4. The minimum atomic E-state index is -0.331. The summed E-state index contributed by atoms with van der Waals surface area (Å²) in [6.07, 6.45) is 1.63. The van der Waals surface area contributed by atoms with Crippen LogP contribution in [0, 0.1) is 5.82 Å². The number of nitrogens with zero attached hydrogens (tertiary/aromatic N) is 1. The van der Waals surface area contributed by atoms with Crippen LogP contribution in [0.3, 0.4) is 0 Å². The van der Waals surface area contributed by atoms with Crippen molar-refractivity contribution in [3.8, 4) is 0 Å². The zero-order chi connectivity index (χ0) is 17.3. The molecule has 0 amide bonds. The summed E-state index contributed by atoms with van der Waals surface area (Å²) in [5.74, 6) is 0.505. The molecular formula is C19H19ClFN3O. The molecule has 2 aliphatic rings. The van der Waals surface area contributed by atoms with Gasteiger partial charge in [0.2, 0.25) is 0 Å². The van der Waals surface area contributed by atoms with E-state index in [-0.39, 0.29) is 17.9 Å². The number of nitrogens with one attached hydrogen (secondary N) is 2. The third kappa shape index (κ3) is 3.22. The van der Waals surface area contributed by atoms with E-state index >= 15 is 0 Å². The van der Waals surface area contributed by atoms with E-state index in [1.807, 2.05) is 18.2 Å². The Kier molecular flexibility index (Phi) is 4.36. The van der Waals surface area contributed by atoms with Gasteiger partial charge in [0.1, 0.15) is 11.7 Å². The Hall–Kier alpha value is -2.11. The quantitative estimate of drug-likeness (QED) is 0.831. The van der Waals surface area contributed by atoms with E-state index in [1.165, 1.54) is 6.07 Å². The molecule has 4 nitrogen and oxygen atoms in total. The van der Waals surface area contributed by atoms with E-state index in [4.69, 9.17) is 21.3 Å². The predicted octanol–water partition coefficient (Wildman–Crippen LogP) is 4.46. The maximum absolute atomic E-state index is 14.1. The van der Waals surface area contributed by atoms with Crippen molar-refractivity contribution in [2.24, 2.45) is 4.99 Å². The molecule has 0 aliphatic carbocycles. The summed E-state index contributed by atoms with van der Waals surface area (Å²) < 4.78 is 19.6. The minimum Gasteiger partial charge on any atom is -0.381 e. The monoisotopic (exact) mass is 359 g/mol. The first-order valence-corrected chi connectivity index (χ1v) is 8.75. The van der Waals surface area contributed by atoms with Crippen LogP contribution < -0.4 is 10.6 Å². The highest BCUT2D eigenvalue weighted by molar-refractivity contribution is 6.30. The summed E-state index contributed by atoms with van der Waals surface area (Å²) in [7, 11) is 0. The van der Waals surface area contributed by atoms with E-state index in [0.29, 0.717) is 23.8 Å². The summed E-state index contributed by atoms with van der Waals surface area (Å²) in [5.41, 5.74) is 2.27. The molecule has 2 aromatic rings. The number of hydrogen-bond donors (Lipinski definition) is 2. The van der Waals surface area contributed by atoms with Crippen LogP contribution in [0.4, 0.5) is 15.8 Å². The third-order valence-electron chi connectivity index (χ3n) is 4.78. The lowest BCUT2D eigenvalue weighted by Gasteiger charge is -2.43. The van der Waals surface area contributed by atoms with Gasteiger partial charge in [-0.25, -0.2) is 4.39 Å². The maximum atomic E-state index is 14.1. The minimum absolute atomic E-state index is 0.262. The molecule has 1 spiro atoms. The van der Waals surface area contributed by atoms with Gasteiger partial charge in [0.15, 0.2) is 0 Å². The fraction of sp³-hybridized carbons (Fsp3) is 0.316. The van der Waals surface area contributed by atoms with Crippen molar-refractivity contribution in [3.63, 3.8) is 0 Å². The van der Waals surface area contributed by atoms with Crippen LogP contribution in [-0.2, 0) is 11.3 Å². The Balaban J connectivity index is 1.67. The molecule has 0 aromatic heterocycles. The molecule has 25 heavy (non-hydrogen) atoms. The van der Waals surface area contributed by atoms with Gasteiger partial charge in [-0.1, -0.05) is 29.8 Å². The highest BCUT2D eigenvalue weighted by Crippen LogP contribution is 2.36. The van der Waals surface area contributed by atoms with Crippen molar-refractivity contribution >= 4 is 28.8 Å². The van der Waals surface area contributed by atoms with Gasteiger partial charge in [-0.3, -0.25) is 4.99 Å². The molecule has 2 aliphatic heterocycles. The summed E-state index contributed by atoms with van der Waals surface area (Å²) in [4.78, 5) is 4.72. The molecule has 6 heteroatoms. The summed E-state index contributed by atoms with van der Waals surface area (Å²) in [6, 6.07) is 12.7. The second-order valence-corrected chi connectivity index (χ2v) is 6.83. The number of para-hydroxylation sites is 2. The van der Waals surface area contributed by atoms with Gasteiger partial charge in [-0.2, -0.15) is 0 Å². The van der Waals surface area contributed by atoms with E-state index in [2.05, 4.69) is 16.7 Å². The van der Waals surface area contributed by atoms with Crippen LogP contribution in [0.5, 0.6) is 0 Å². The second-order valence-electron chi connectivity index (χ2n) is 6.39. The number of hydrogen-bond acceptors (Lipinski definition) is 3. The first kappa shape index (κ1) is 16.4. The Morgan fingerprint density at radius 1 is 1.12 bits per heavy atom. The summed E-state index contributed by atoms with van der Waals surface area (Å²) >= 11 is 5.83. The molecular weight excluding hydrogens is 341 g/mol. The second kappa shape index (κ2) is 6.65. The van der Waals surface area contributed by atoms with Crippen molar-refractivity contribution in [1.29, 1.82) is 0 Å². The highest BCUT2D eigenvalue weighted by atomic mass is 35.5. The molecule has 1 saturated heterocycles. The summed E-state index contributed by atoms with van der Waals surface area (Å²) in [5, 5.41) is 7.47. The van der Waals surface area contributed by atoms with Crippen LogP contribution in [0.15, 0.2) is 47.5 Å². The number of halogens is 2. The molecule has 2 N–H and O–H groups in total. The summed E-state index contributed by atoms with van der Waals surface area (Å²) in [6.45, 7) is 1.61. The van der Waals surface area contributed by atoms with Crippen molar-refractivity contribution < 1.29 is 9.13 Å². The van der Waals surface area contributed by atoms with Crippen molar-refractivity contribution in [2.75, 3.05) is 23.8 Å². The number of anilines is 2. The van der Waals surface area contributed by atoms with Crippen LogP contribution in [0.1, 0.15) is 18.4 Å². The first-order valence-electron chi connectivity index (χ1n) is 8.37. The third-order valence-corrected chi connectivity index (χ3v) is 5.01. The normalized spacial score (nSPS) is 20.0. The van der Waals surface area contributed by atoms with Crippen molar-refractivity contribution in [2.45, 2.75) is 24.9 Å². The topological polar surface area (TPSA) is 45.7 Å². The molecule has 130 valence electrons. The Morgan fingerprint density at radius 3 is 2.64 bits per heavy atom. The lowest BCUT2D eigenvalue weighted by atomic mass is 9.86. The number of fused-ring (bicyclic) bond motifs is 1. The molecule has 0 saturated carbocycles. The molecule has 2 heterocycles. The number of rotatable bonds is 2. The van der Waals surface area contributed by atoms with Gasteiger partial charge in [0.05, 0.1) is 23.5 Å². The van der Waals surface area contributed by atoms with E-state index < -0.39 is 0 Å². The zero-order valence-electron chi connectivity index (χ0n) is 13.7. The number of ether oxygens (including phenoxy) is 1. The van der Waals surface area contributed by atoms with Crippen LogP contribution in [-0.4, -0.2) is 24.6 Å². The average molecular weight is 360 g/mol. The first-order chi connectivity index (χ1) is 12.2. The Bertz CT molecular complexity index is 818. The molecule has 0 bridgehead atoms. The van der Waals surface area contributed by atoms with Gasteiger partial charge in [0.25, 0.3) is 0 Å². The van der Waals surface area contributed by atoms with Crippen LogP contribution in [0.25, 0.3) is 0 Å². The van der Waals surface area contributed by atoms with Gasteiger partial charge >= 0.3 is 0 Å². The molecule has 0 radical (unpaired) electrons. The predicted molar refractivity (Wildman–Crippen MR) is 99.0 cm³/mol. The van der Waals surface area contributed by atoms with E-state index in [1.54, 1.807) is 12.1 Å². The van der Waals surface area contributed by atoms with Gasteiger partial charge in [-0.05, 0) is 24.3 Å². The number of benzene rings is 2. The fourth-order valence-electron chi connectivity index (χ4n) is 3.35. The highest BCUT2D eigenvalue weighted by Gasteiger charge is 2.41. The molecule has 2 aromatic carbocycles. The average Bonchev–Trinajstić information content (AvgIpc) is 2.62. The Labute approximate surface area is 151 Å². The van der Waals surface area contributed by atoms with Crippen LogP contribution >= 0.6 is 11.6 Å².